The van der Waals surface area contributed by atoms with E-state index in [4.69, 9.17) is 0 Å². The van der Waals surface area contributed by atoms with Crippen LogP contribution in [0.3, 0.4) is 0 Å². The van der Waals surface area contributed by atoms with Crippen LogP contribution in [0, 0.1) is 0 Å². The fraction of sp³-hybridized carbons (Fsp3) is 0.231. The van der Waals surface area contributed by atoms with Crippen LogP contribution in [0.5, 0.6) is 0 Å². The molecule has 0 bridgehead atoms. The monoisotopic (exact) mass is 295 g/mol. The summed E-state index contributed by atoms with van der Waals surface area (Å²) in [4.78, 5) is 3.74. The number of rotatable bonds is 4. The molecule has 16 heavy (non-hydrogen) atoms. The largest absolute Gasteiger partial charge is 0.297 e. The molecule has 1 heterocycles. The van der Waals surface area contributed by atoms with Crippen LogP contribution in [-0.4, -0.2) is 11.9 Å². The van der Waals surface area contributed by atoms with Gasteiger partial charge < -0.3 is 0 Å². The molecule has 0 aliphatic carbocycles. The van der Waals surface area contributed by atoms with Crippen LogP contribution in [0.2, 0.25) is 0 Å². The van der Waals surface area contributed by atoms with Gasteiger partial charge in [0, 0.05) is 22.4 Å². The summed E-state index contributed by atoms with van der Waals surface area (Å²) in [5.41, 5.74) is 1.35. The third-order valence-electron chi connectivity index (χ3n) is 2.37. The van der Waals surface area contributed by atoms with Crippen LogP contribution in [0.25, 0.3) is 0 Å². The second-order valence-electron chi connectivity index (χ2n) is 3.88. The average Bonchev–Trinajstić information content (AvgIpc) is 2.74. The van der Waals surface area contributed by atoms with E-state index in [1.165, 1.54) is 10.4 Å². The Morgan fingerprint density at radius 3 is 2.50 bits per heavy atom. The lowest BCUT2D eigenvalue weighted by atomic mass is 10.2. The van der Waals surface area contributed by atoms with Crippen LogP contribution in [0.15, 0.2) is 46.3 Å². The van der Waals surface area contributed by atoms with Crippen LogP contribution in [-0.2, 0) is 13.1 Å². The fourth-order valence-corrected chi connectivity index (χ4v) is 2.67. The molecule has 0 spiro atoms. The summed E-state index contributed by atoms with van der Waals surface area (Å²) >= 11 is 5.26. The fourth-order valence-electron chi connectivity index (χ4n) is 1.63. The number of thiophene rings is 1. The van der Waals surface area contributed by atoms with Crippen LogP contribution < -0.4 is 0 Å². The van der Waals surface area contributed by atoms with E-state index in [0.717, 1.165) is 17.6 Å². The molecular weight excluding hydrogens is 282 g/mol. The number of benzene rings is 1. The minimum absolute atomic E-state index is 0.991. The topological polar surface area (TPSA) is 3.24 Å². The zero-order valence-electron chi connectivity index (χ0n) is 9.19. The molecule has 1 aromatic heterocycles. The van der Waals surface area contributed by atoms with Crippen molar-refractivity contribution in [2.24, 2.45) is 0 Å². The van der Waals surface area contributed by atoms with Gasteiger partial charge in [0.25, 0.3) is 0 Å². The number of nitrogens with zero attached hydrogens (tertiary/aromatic N) is 1. The number of hydrogen-bond acceptors (Lipinski definition) is 2. The van der Waals surface area contributed by atoms with Gasteiger partial charge in [0.2, 0.25) is 0 Å². The first-order valence-electron chi connectivity index (χ1n) is 5.19. The second kappa shape index (κ2) is 5.62. The lowest BCUT2D eigenvalue weighted by molar-refractivity contribution is 0.322. The van der Waals surface area contributed by atoms with Crippen molar-refractivity contribution in [3.63, 3.8) is 0 Å². The maximum absolute atomic E-state index is 3.45. The van der Waals surface area contributed by atoms with Crippen molar-refractivity contribution in [2.45, 2.75) is 13.1 Å². The van der Waals surface area contributed by atoms with Crippen LogP contribution >= 0.6 is 27.3 Å². The van der Waals surface area contributed by atoms with E-state index in [9.17, 15) is 0 Å². The molecule has 0 unspecified atom stereocenters. The molecule has 0 saturated heterocycles. The van der Waals surface area contributed by atoms with Crippen molar-refractivity contribution in [3.05, 3.63) is 56.7 Å². The highest BCUT2D eigenvalue weighted by Gasteiger charge is 2.02. The van der Waals surface area contributed by atoms with Gasteiger partial charge in [-0.3, -0.25) is 4.90 Å². The highest BCUT2D eigenvalue weighted by Crippen LogP contribution is 2.15. The van der Waals surface area contributed by atoms with E-state index < -0.39 is 0 Å². The van der Waals surface area contributed by atoms with Crippen molar-refractivity contribution >= 4 is 27.3 Å². The Morgan fingerprint density at radius 1 is 1.12 bits per heavy atom. The predicted molar refractivity (Wildman–Crippen MR) is 73.6 cm³/mol. The molecule has 0 amide bonds. The SMILES string of the molecule is CN(Cc1ccc(Br)cc1)Cc1cccs1. The summed E-state index contributed by atoms with van der Waals surface area (Å²) in [5, 5.41) is 2.13. The highest BCUT2D eigenvalue weighted by molar-refractivity contribution is 9.10. The molecule has 0 radical (unpaired) electrons. The zero-order chi connectivity index (χ0) is 11.4. The lowest BCUT2D eigenvalue weighted by Crippen LogP contribution is -2.16. The molecule has 1 aromatic carbocycles. The summed E-state index contributed by atoms with van der Waals surface area (Å²) in [6.45, 7) is 2.01. The Hall–Kier alpha value is -0.640. The lowest BCUT2D eigenvalue weighted by Gasteiger charge is -2.15. The molecule has 2 aromatic rings. The van der Waals surface area contributed by atoms with Crippen molar-refractivity contribution in [2.75, 3.05) is 7.05 Å². The Bertz CT molecular complexity index is 422. The molecule has 2 rings (SSSR count). The molecule has 3 heteroatoms. The Morgan fingerprint density at radius 2 is 1.88 bits per heavy atom. The van der Waals surface area contributed by atoms with Crippen molar-refractivity contribution in [1.82, 2.24) is 4.90 Å². The van der Waals surface area contributed by atoms with E-state index in [2.05, 4.69) is 69.7 Å². The van der Waals surface area contributed by atoms with E-state index >= 15 is 0 Å². The molecule has 1 nitrogen and oxygen atoms in total. The predicted octanol–water partition coefficient (Wildman–Crippen LogP) is 4.14. The average molecular weight is 296 g/mol. The summed E-state index contributed by atoms with van der Waals surface area (Å²) in [6, 6.07) is 12.8. The zero-order valence-corrected chi connectivity index (χ0v) is 11.6. The van der Waals surface area contributed by atoms with Gasteiger partial charge in [-0.2, -0.15) is 0 Å². The molecular formula is C13H14BrNS. The van der Waals surface area contributed by atoms with E-state index in [1.54, 1.807) is 0 Å². The Balaban J connectivity index is 1.92. The third kappa shape index (κ3) is 3.44. The van der Waals surface area contributed by atoms with Gasteiger partial charge >= 0.3 is 0 Å². The normalized spacial score (nSPS) is 10.9. The first-order chi connectivity index (χ1) is 7.74. The van der Waals surface area contributed by atoms with Crippen LogP contribution in [0.1, 0.15) is 10.4 Å². The van der Waals surface area contributed by atoms with Crippen molar-refractivity contribution < 1.29 is 0 Å². The molecule has 0 saturated carbocycles. The van der Waals surface area contributed by atoms with Gasteiger partial charge in [-0.15, -0.1) is 11.3 Å². The molecule has 0 N–H and O–H groups in total. The molecule has 0 aliphatic rings. The second-order valence-corrected chi connectivity index (χ2v) is 5.83. The van der Waals surface area contributed by atoms with E-state index in [1.807, 2.05) is 11.3 Å². The third-order valence-corrected chi connectivity index (χ3v) is 3.76. The first-order valence-corrected chi connectivity index (χ1v) is 6.86. The first kappa shape index (κ1) is 11.8. The van der Waals surface area contributed by atoms with E-state index in [-0.39, 0.29) is 0 Å². The molecule has 0 atom stereocenters. The van der Waals surface area contributed by atoms with Gasteiger partial charge in [-0.05, 0) is 36.2 Å². The summed E-state index contributed by atoms with van der Waals surface area (Å²) in [5.74, 6) is 0. The van der Waals surface area contributed by atoms with Gasteiger partial charge in [-0.25, -0.2) is 0 Å². The number of halogens is 1. The Kier molecular flexibility index (Phi) is 4.16. The van der Waals surface area contributed by atoms with Gasteiger partial charge in [0.1, 0.15) is 0 Å². The maximum Gasteiger partial charge on any atom is 0.0328 e. The van der Waals surface area contributed by atoms with Crippen LogP contribution in [0.4, 0.5) is 0 Å². The summed E-state index contributed by atoms with van der Waals surface area (Å²) in [6.07, 6.45) is 0. The minimum Gasteiger partial charge on any atom is -0.297 e. The molecule has 0 aliphatic heterocycles. The van der Waals surface area contributed by atoms with Gasteiger partial charge in [0.15, 0.2) is 0 Å². The summed E-state index contributed by atoms with van der Waals surface area (Å²) < 4.78 is 1.14. The standard InChI is InChI=1S/C13H14BrNS/c1-15(10-13-3-2-8-16-13)9-11-4-6-12(14)7-5-11/h2-8H,9-10H2,1H3. The molecule has 84 valence electrons. The Labute approximate surface area is 109 Å². The summed E-state index contributed by atoms with van der Waals surface area (Å²) in [7, 11) is 2.15. The van der Waals surface area contributed by atoms with Gasteiger partial charge in [-0.1, -0.05) is 34.1 Å². The molecule has 0 fully saturated rings. The van der Waals surface area contributed by atoms with Crippen molar-refractivity contribution in [3.8, 4) is 0 Å². The minimum atomic E-state index is 0.991. The quantitative estimate of drug-likeness (QED) is 0.819. The van der Waals surface area contributed by atoms with Gasteiger partial charge in [0.05, 0.1) is 0 Å². The maximum atomic E-state index is 3.45. The highest BCUT2D eigenvalue weighted by atomic mass is 79.9. The van der Waals surface area contributed by atoms with E-state index in [0.29, 0.717) is 0 Å². The smallest absolute Gasteiger partial charge is 0.0328 e. The number of hydrogen-bond donors (Lipinski definition) is 0. The van der Waals surface area contributed by atoms with Crippen molar-refractivity contribution in [1.29, 1.82) is 0 Å².